The highest BCUT2D eigenvalue weighted by Crippen LogP contribution is 2.39. The normalized spacial score (nSPS) is 24.1. The highest BCUT2D eigenvalue weighted by atomic mass is 16.3. The molecule has 27 heavy (non-hydrogen) atoms. The molecule has 1 atom stereocenters. The van der Waals surface area contributed by atoms with Crippen molar-refractivity contribution in [3.63, 3.8) is 0 Å². The van der Waals surface area contributed by atoms with Crippen LogP contribution in [0.4, 0.5) is 0 Å². The molecule has 0 unspecified atom stereocenters. The Balaban J connectivity index is 1.54. The Morgan fingerprint density at radius 1 is 1.11 bits per heavy atom. The molecule has 2 heterocycles. The van der Waals surface area contributed by atoms with Gasteiger partial charge in [0.05, 0.1) is 6.61 Å². The summed E-state index contributed by atoms with van der Waals surface area (Å²) in [5, 5.41) is 12.0. The summed E-state index contributed by atoms with van der Waals surface area (Å²) in [6, 6.07) is 13.1. The van der Waals surface area contributed by atoms with E-state index < -0.39 is 0 Å². The number of hydrogen-bond donors (Lipinski definition) is 1. The van der Waals surface area contributed by atoms with Gasteiger partial charge in [0.2, 0.25) is 5.91 Å². The SMILES string of the molecule is Cc1ccc2ccccc2c1CN1CCC[C@]2(CCC(=O)N(CCO)C2)C1. The second-order valence-corrected chi connectivity index (χ2v) is 8.44. The van der Waals surface area contributed by atoms with Crippen LogP contribution in [0, 0.1) is 12.3 Å². The van der Waals surface area contributed by atoms with Crippen LogP contribution in [-0.4, -0.2) is 53.6 Å². The number of fused-ring (bicyclic) bond motifs is 1. The predicted octanol–water partition coefficient (Wildman–Crippen LogP) is 3.35. The maximum absolute atomic E-state index is 12.2. The van der Waals surface area contributed by atoms with Crippen LogP contribution >= 0.6 is 0 Å². The average molecular weight is 367 g/mol. The summed E-state index contributed by atoms with van der Waals surface area (Å²) in [7, 11) is 0. The maximum atomic E-state index is 12.2. The molecule has 2 saturated heterocycles. The fourth-order valence-electron chi connectivity index (χ4n) is 5.08. The molecule has 0 radical (unpaired) electrons. The average Bonchev–Trinajstić information content (AvgIpc) is 2.68. The van der Waals surface area contributed by atoms with E-state index in [1.54, 1.807) is 0 Å². The molecule has 0 aliphatic carbocycles. The standard InChI is InChI=1S/C23H30N2O2/c1-18-7-8-19-5-2-3-6-20(19)21(18)15-24-12-4-10-23(16-24)11-9-22(27)25(17-23)13-14-26/h2-3,5-8,26H,4,9-17H2,1H3/t23-/m0/s1. The minimum atomic E-state index is 0.0563. The predicted molar refractivity (Wildman–Crippen MR) is 109 cm³/mol. The number of nitrogens with zero attached hydrogens (tertiary/aromatic N) is 2. The van der Waals surface area contributed by atoms with Crippen molar-refractivity contribution >= 4 is 16.7 Å². The zero-order valence-corrected chi connectivity index (χ0v) is 16.3. The number of aryl methyl sites for hydroxylation is 1. The molecule has 2 fully saturated rings. The molecule has 2 aliphatic rings. The van der Waals surface area contributed by atoms with Crippen molar-refractivity contribution in [3.8, 4) is 0 Å². The number of hydrogen-bond acceptors (Lipinski definition) is 3. The zero-order valence-electron chi connectivity index (χ0n) is 16.3. The summed E-state index contributed by atoms with van der Waals surface area (Å²) in [5.41, 5.74) is 2.98. The van der Waals surface area contributed by atoms with Gasteiger partial charge in [-0.15, -0.1) is 0 Å². The van der Waals surface area contributed by atoms with Gasteiger partial charge in [-0.3, -0.25) is 9.69 Å². The van der Waals surface area contributed by atoms with E-state index in [0.29, 0.717) is 13.0 Å². The number of rotatable bonds is 4. The maximum Gasteiger partial charge on any atom is 0.222 e. The first kappa shape index (κ1) is 18.5. The Kier molecular flexibility index (Phi) is 5.20. The summed E-state index contributed by atoms with van der Waals surface area (Å²) >= 11 is 0. The summed E-state index contributed by atoms with van der Waals surface area (Å²) in [6.45, 7) is 6.69. The molecule has 1 amide bonds. The number of carbonyl (C=O) groups excluding carboxylic acids is 1. The van der Waals surface area contributed by atoms with E-state index in [-0.39, 0.29) is 17.9 Å². The van der Waals surface area contributed by atoms with Crippen molar-refractivity contribution < 1.29 is 9.90 Å². The van der Waals surface area contributed by atoms with Gasteiger partial charge in [-0.05, 0) is 54.6 Å². The highest BCUT2D eigenvalue weighted by Gasteiger charge is 2.41. The van der Waals surface area contributed by atoms with Gasteiger partial charge in [-0.25, -0.2) is 0 Å². The van der Waals surface area contributed by atoms with Crippen LogP contribution in [-0.2, 0) is 11.3 Å². The molecule has 0 aromatic heterocycles. The summed E-state index contributed by atoms with van der Waals surface area (Å²) in [5.74, 6) is 0.205. The van der Waals surface area contributed by atoms with E-state index in [1.165, 1.54) is 34.7 Å². The third-order valence-corrected chi connectivity index (χ3v) is 6.52. The van der Waals surface area contributed by atoms with E-state index >= 15 is 0 Å². The lowest BCUT2D eigenvalue weighted by Gasteiger charge is -2.48. The molecule has 4 heteroatoms. The van der Waals surface area contributed by atoms with Crippen molar-refractivity contribution in [2.45, 2.75) is 39.2 Å². The van der Waals surface area contributed by atoms with Crippen molar-refractivity contribution in [1.29, 1.82) is 0 Å². The lowest BCUT2D eigenvalue weighted by molar-refractivity contribution is -0.140. The Morgan fingerprint density at radius 2 is 1.96 bits per heavy atom. The monoisotopic (exact) mass is 366 g/mol. The highest BCUT2D eigenvalue weighted by molar-refractivity contribution is 5.86. The van der Waals surface area contributed by atoms with Crippen LogP contribution in [0.15, 0.2) is 36.4 Å². The molecular weight excluding hydrogens is 336 g/mol. The van der Waals surface area contributed by atoms with Crippen LogP contribution in [0.5, 0.6) is 0 Å². The molecule has 0 bridgehead atoms. The van der Waals surface area contributed by atoms with Crippen molar-refractivity contribution in [1.82, 2.24) is 9.80 Å². The number of aliphatic hydroxyl groups excluding tert-OH is 1. The Hall–Kier alpha value is -1.91. The van der Waals surface area contributed by atoms with Crippen LogP contribution < -0.4 is 0 Å². The number of carbonyl (C=O) groups is 1. The lowest BCUT2D eigenvalue weighted by Crippen LogP contribution is -2.54. The van der Waals surface area contributed by atoms with Gasteiger partial charge >= 0.3 is 0 Å². The molecular formula is C23H30N2O2. The fraction of sp³-hybridized carbons (Fsp3) is 0.522. The first-order valence-electron chi connectivity index (χ1n) is 10.2. The second kappa shape index (κ2) is 7.61. The molecule has 2 aromatic carbocycles. The molecule has 2 aliphatic heterocycles. The smallest absolute Gasteiger partial charge is 0.222 e. The molecule has 1 spiro atoms. The van der Waals surface area contributed by atoms with Gasteiger partial charge in [0.25, 0.3) is 0 Å². The zero-order chi connectivity index (χ0) is 18.9. The summed E-state index contributed by atoms with van der Waals surface area (Å²) in [4.78, 5) is 16.6. The molecule has 0 saturated carbocycles. The Bertz CT molecular complexity index is 834. The van der Waals surface area contributed by atoms with Gasteiger partial charge in [-0.2, -0.15) is 0 Å². The number of amides is 1. The van der Waals surface area contributed by atoms with E-state index in [2.05, 4.69) is 48.2 Å². The van der Waals surface area contributed by atoms with Crippen LogP contribution in [0.2, 0.25) is 0 Å². The molecule has 1 N–H and O–H groups in total. The van der Waals surface area contributed by atoms with Crippen LogP contribution in [0.3, 0.4) is 0 Å². The third kappa shape index (κ3) is 3.74. The number of β-amino-alcohol motifs (C(OH)–C–C–N with tert-alkyl or cyclic N) is 1. The van der Waals surface area contributed by atoms with Crippen molar-refractivity contribution in [2.24, 2.45) is 5.41 Å². The van der Waals surface area contributed by atoms with E-state index in [1.807, 2.05) is 4.90 Å². The van der Waals surface area contributed by atoms with E-state index in [9.17, 15) is 9.90 Å². The lowest BCUT2D eigenvalue weighted by atomic mass is 9.73. The molecule has 144 valence electrons. The van der Waals surface area contributed by atoms with E-state index in [4.69, 9.17) is 0 Å². The summed E-state index contributed by atoms with van der Waals surface area (Å²) in [6.07, 6.45) is 3.98. The number of aliphatic hydroxyl groups is 1. The van der Waals surface area contributed by atoms with Crippen molar-refractivity contribution in [3.05, 3.63) is 47.5 Å². The van der Waals surface area contributed by atoms with Crippen LogP contribution in [0.1, 0.15) is 36.8 Å². The first-order chi connectivity index (χ1) is 13.1. The van der Waals surface area contributed by atoms with Gasteiger partial charge < -0.3 is 10.0 Å². The minimum Gasteiger partial charge on any atom is -0.395 e. The van der Waals surface area contributed by atoms with Gasteiger partial charge in [-0.1, -0.05) is 36.4 Å². The summed E-state index contributed by atoms with van der Waals surface area (Å²) < 4.78 is 0. The number of benzene rings is 2. The minimum absolute atomic E-state index is 0.0563. The van der Waals surface area contributed by atoms with Gasteiger partial charge in [0.1, 0.15) is 0 Å². The molecule has 4 rings (SSSR count). The van der Waals surface area contributed by atoms with Crippen molar-refractivity contribution in [2.75, 3.05) is 32.8 Å². The quantitative estimate of drug-likeness (QED) is 0.902. The molecule has 4 nitrogen and oxygen atoms in total. The van der Waals surface area contributed by atoms with Gasteiger partial charge in [0, 0.05) is 38.0 Å². The fourth-order valence-corrected chi connectivity index (χ4v) is 5.08. The second-order valence-electron chi connectivity index (χ2n) is 8.44. The Labute approximate surface area is 161 Å². The largest absolute Gasteiger partial charge is 0.395 e. The van der Waals surface area contributed by atoms with Crippen LogP contribution in [0.25, 0.3) is 10.8 Å². The number of piperidine rings is 2. The number of likely N-dealkylation sites (tertiary alicyclic amines) is 2. The third-order valence-electron chi connectivity index (χ3n) is 6.52. The van der Waals surface area contributed by atoms with E-state index in [0.717, 1.165) is 32.6 Å². The van der Waals surface area contributed by atoms with Gasteiger partial charge in [0.15, 0.2) is 0 Å². The first-order valence-corrected chi connectivity index (χ1v) is 10.2. The topological polar surface area (TPSA) is 43.8 Å². The Morgan fingerprint density at radius 3 is 2.81 bits per heavy atom. The molecule has 2 aromatic rings.